The maximum atomic E-state index is 10.3. The van der Waals surface area contributed by atoms with Crippen LogP contribution in [0.3, 0.4) is 0 Å². The van der Waals surface area contributed by atoms with Crippen molar-refractivity contribution in [1.82, 2.24) is 19.7 Å². The summed E-state index contributed by atoms with van der Waals surface area (Å²) in [5, 5.41) is 15.8. The number of aromatic nitrogens is 4. The zero-order valence-corrected chi connectivity index (χ0v) is 20.0. The first-order valence-electron chi connectivity index (χ1n) is 11.8. The topological polar surface area (TPSA) is 73.1 Å². The van der Waals surface area contributed by atoms with Gasteiger partial charge < -0.3 is 9.84 Å². The van der Waals surface area contributed by atoms with E-state index in [2.05, 4.69) is 30.0 Å². The zero-order valence-electron chi connectivity index (χ0n) is 19.1. The van der Waals surface area contributed by atoms with Crippen molar-refractivity contribution >= 4 is 21.6 Å². The van der Waals surface area contributed by atoms with E-state index < -0.39 is 0 Å². The number of nitrogens with zero attached hydrogens (tertiary/aromatic N) is 4. The number of pyridine rings is 1. The zero-order chi connectivity index (χ0) is 22.8. The predicted octanol–water partition coefficient (Wildman–Crippen LogP) is 6.10. The second-order valence-electron chi connectivity index (χ2n) is 9.38. The molecule has 0 amide bonds. The molecule has 172 valence electrons. The Kier molecular flexibility index (Phi) is 6.42. The molecule has 0 aliphatic heterocycles. The van der Waals surface area contributed by atoms with Crippen molar-refractivity contribution in [2.24, 2.45) is 11.8 Å². The summed E-state index contributed by atoms with van der Waals surface area (Å²) in [7, 11) is 0. The molecule has 0 spiro atoms. The summed E-state index contributed by atoms with van der Waals surface area (Å²) in [6, 6.07) is 9.84. The van der Waals surface area contributed by atoms with Gasteiger partial charge in [-0.1, -0.05) is 26.7 Å². The number of ether oxygens (including phenoxy) is 1. The Morgan fingerprint density at radius 3 is 2.85 bits per heavy atom. The van der Waals surface area contributed by atoms with Gasteiger partial charge in [-0.15, -0.1) is 11.3 Å². The monoisotopic (exact) mass is 462 g/mol. The first kappa shape index (κ1) is 22.0. The van der Waals surface area contributed by atoms with Crippen LogP contribution < -0.4 is 4.74 Å². The Bertz CT molecular complexity index is 1230. The molecule has 4 aromatic rings. The molecule has 7 heteroatoms. The van der Waals surface area contributed by atoms with Crippen LogP contribution in [0.15, 0.2) is 48.9 Å². The van der Waals surface area contributed by atoms with Gasteiger partial charge in [0.25, 0.3) is 0 Å². The Labute approximate surface area is 198 Å². The maximum Gasteiger partial charge on any atom is 0.131 e. The van der Waals surface area contributed by atoms with Gasteiger partial charge in [0.05, 0.1) is 33.2 Å². The van der Waals surface area contributed by atoms with E-state index in [0.29, 0.717) is 11.8 Å². The Hall–Kier alpha value is -2.77. The summed E-state index contributed by atoms with van der Waals surface area (Å²) in [6.45, 7) is 5.24. The maximum absolute atomic E-state index is 10.3. The van der Waals surface area contributed by atoms with E-state index in [9.17, 15) is 5.11 Å². The molecule has 5 rings (SSSR count). The lowest BCUT2D eigenvalue weighted by molar-refractivity contribution is 0.0700. The minimum absolute atomic E-state index is 0.192. The molecule has 1 fully saturated rings. The van der Waals surface area contributed by atoms with Crippen LogP contribution in [-0.2, 0) is 13.0 Å². The molecular formula is C26H30N4O2S. The number of rotatable bonds is 7. The molecule has 3 aromatic heterocycles. The van der Waals surface area contributed by atoms with E-state index in [0.717, 1.165) is 70.2 Å². The molecule has 1 aliphatic rings. The highest BCUT2D eigenvalue weighted by Gasteiger charge is 2.24. The molecule has 0 radical (unpaired) electrons. The highest BCUT2D eigenvalue weighted by molar-refractivity contribution is 7.18. The number of hydrogen-bond donors (Lipinski definition) is 1. The molecule has 1 saturated carbocycles. The summed E-state index contributed by atoms with van der Waals surface area (Å²) in [5.74, 6) is 2.39. The van der Waals surface area contributed by atoms with Crippen LogP contribution in [0.5, 0.6) is 11.5 Å². The van der Waals surface area contributed by atoms with Gasteiger partial charge in [0.1, 0.15) is 11.5 Å². The van der Waals surface area contributed by atoms with Crippen molar-refractivity contribution in [3.8, 4) is 22.8 Å². The van der Waals surface area contributed by atoms with Crippen LogP contribution >= 0.6 is 11.3 Å². The molecule has 1 N–H and O–H groups in total. The van der Waals surface area contributed by atoms with Crippen LogP contribution in [0.2, 0.25) is 0 Å². The van der Waals surface area contributed by atoms with Gasteiger partial charge >= 0.3 is 0 Å². The number of thiazole rings is 1. The molecule has 0 bridgehead atoms. The van der Waals surface area contributed by atoms with Gasteiger partial charge in [-0.2, -0.15) is 5.10 Å². The number of aliphatic hydroxyl groups excluding tert-OH is 1. The number of hydrogen-bond acceptors (Lipinski definition) is 6. The molecule has 33 heavy (non-hydrogen) atoms. The van der Waals surface area contributed by atoms with E-state index >= 15 is 0 Å². The number of benzene rings is 1. The normalized spacial score (nSPS) is 18.8. The summed E-state index contributed by atoms with van der Waals surface area (Å²) in [4.78, 5) is 9.30. The largest absolute Gasteiger partial charge is 0.457 e. The van der Waals surface area contributed by atoms with Crippen LogP contribution in [0.1, 0.15) is 44.5 Å². The van der Waals surface area contributed by atoms with Crippen LogP contribution in [-0.4, -0.2) is 31.0 Å². The Morgan fingerprint density at radius 2 is 2.00 bits per heavy atom. The minimum Gasteiger partial charge on any atom is -0.457 e. The van der Waals surface area contributed by atoms with Crippen LogP contribution in [0.25, 0.3) is 21.5 Å². The fourth-order valence-corrected chi connectivity index (χ4v) is 5.58. The third kappa shape index (κ3) is 5.25. The second-order valence-corrected chi connectivity index (χ2v) is 10.5. The number of aliphatic hydroxyl groups is 1. The second kappa shape index (κ2) is 9.61. The van der Waals surface area contributed by atoms with Gasteiger partial charge in [-0.05, 0) is 42.9 Å². The molecule has 6 nitrogen and oxygen atoms in total. The standard InChI is InChI=1S/C26H30N4O2S/c1-17(2)15-30-16-19(14-28-30)23-12-21(9-10-27-23)32-20-7-8-22-25(13-20)33-26(29-22)11-18-5-3-4-6-24(18)31/h7-10,12-14,16-18,24,31H,3-6,11,15H2,1-2H3/t18-,24+/m0/s1. The lowest BCUT2D eigenvalue weighted by atomic mass is 9.84. The van der Waals surface area contributed by atoms with E-state index in [1.54, 1.807) is 17.5 Å². The van der Waals surface area contributed by atoms with Gasteiger partial charge in [0, 0.05) is 43.1 Å². The van der Waals surface area contributed by atoms with E-state index in [4.69, 9.17) is 9.72 Å². The average Bonchev–Trinajstić information content (AvgIpc) is 3.41. The molecule has 1 aromatic carbocycles. The SMILES string of the molecule is CC(C)Cn1cc(-c2cc(Oc3ccc4nc(C[C@@H]5CCCC[C@H]5O)sc4c3)ccn2)cn1. The van der Waals surface area contributed by atoms with E-state index in [1.807, 2.05) is 41.3 Å². The highest BCUT2D eigenvalue weighted by Crippen LogP contribution is 2.33. The summed E-state index contributed by atoms with van der Waals surface area (Å²) in [5.41, 5.74) is 2.81. The lowest BCUT2D eigenvalue weighted by Gasteiger charge is -2.26. The van der Waals surface area contributed by atoms with Gasteiger partial charge in [0.15, 0.2) is 0 Å². The van der Waals surface area contributed by atoms with Crippen molar-refractivity contribution in [2.45, 2.75) is 58.6 Å². The molecule has 2 atom stereocenters. The molecule has 0 unspecified atom stereocenters. The summed E-state index contributed by atoms with van der Waals surface area (Å²) >= 11 is 1.70. The van der Waals surface area contributed by atoms with E-state index in [-0.39, 0.29) is 6.10 Å². The third-order valence-electron chi connectivity index (χ3n) is 6.16. The van der Waals surface area contributed by atoms with Crippen molar-refractivity contribution < 1.29 is 9.84 Å². The first-order chi connectivity index (χ1) is 16.0. The van der Waals surface area contributed by atoms with Gasteiger partial charge in [0.2, 0.25) is 0 Å². The predicted molar refractivity (Wildman–Crippen MR) is 132 cm³/mol. The first-order valence-corrected chi connectivity index (χ1v) is 12.6. The quantitative estimate of drug-likeness (QED) is 0.359. The lowest BCUT2D eigenvalue weighted by Crippen LogP contribution is -2.26. The molecule has 0 saturated heterocycles. The van der Waals surface area contributed by atoms with Crippen molar-refractivity contribution in [3.63, 3.8) is 0 Å². The average molecular weight is 463 g/mol. The molecule has 1 aliphatic carbocycles. The summed E-state index contributed by atoms with van der Waals surface area (Å²) < 4.78 is 9.23. The van der Waals surface area contributed by atoms with Gasteiger partial charge in [-0.3, -0.25) is 9.67 Å². The van der Waals surface area contributed by atoms with Gasteiger partial charge in [-0.25, -0.2) is 4.98 Å². The molecular weight excluding hydrogens is 432 g/mol. The van der Waals surface area contributed by atoms with Crippen molar-refractivity contribution in [2.75, 3.05) is 0 Å². The molecule has 3 heterocycles. The number of fused-ring (bicyclic) bond motifs is 1. The smallest absolute Gasteiger partial charge is 0.131 e. The van der Waals surface area contributed by atoms with Crippen LogP contribution in [0, 0.1) is 11.8 Å². The summed E-state index contributed by atoms with van der Waals surface area (Å²) in [6.07, 6.45) is 10.7. The Balaban J connectivity index is 1.31. The minimum atomic E-state index is -0.192. The Morgan fingerprint density at radius 1 is 1.15 bits per heavy atom. The third-order valence-corrected chi connectivity index (χ3v) is 7.20. The highest BCUT2D eigenvalue weighted by atomic mass is 32.1. The van der Waals surface area contributed by atoms with Crippen LogP contribution in [0.4, 0.5) is 0 Å². The van der Waals surface area contributed by atoms with Crippen molar-refractivity contribution in [1.29, 1.82) is 0 Å². The fourth-order valence-electron chi connectivity index (χ4n) is 4.49. The van der Waals surface area contributed by atoms with E-state index in [1.165, 1.54) is 6.42 Å². The fraction of sp³-hybridized carbons (Fsp3) is 0.423. The van der Waals surface area contributed by atoms with Crippen molar-refractivity contribution in [3.05, 3.63) is 53.9 Å².